The molecular formula is C20H24N2O4. The normalized spacial score (nSPS) is 10.2. The van der Waals surface area contributed by atoms with Gasteiger partial charge in [-0.1, -0.05) is 19.1 Å². The van der Waals surface area contributed by atoms with E-state index in [0.29, 0.717) is 6.61 Å². The van der Waals surface area contributed by atoms with Crippen molar-refractivity contribution in [3.63, 3.8) is 0 Å². The summed E-state index contributed by atoms with van der Waals surface area (Å²) in [6.45, 7) is 4.99. The zero-order valence-corrected chi connectivity index (χ0v) is 15.0. The number of rotatable bonds is 8. The lowest BCUT2D eigenvalue weighted by atomic mass is 10.1. The number of ether oxygens (including phenoxy) is 1. The number of benzene rings is 2. The van der Waals surface area contributed by atoms with Crippen molar-refractivity contribution >= 4 is 23.4 Å². The smallest absolute Gasteiger partial charge is 0.411 e. The molecule has 138 valence electrons. The highest BCUT2D eigenvalue weighted by atomic mass is 16.5. The van der Waals surface area contributed by atoms with Crippen LogP contribution in [0.3, 0.4) is 0 Å². The first-order valence-corrected chi connectivity index (χ1v) is 8.60. The van der Waals surface area contributed by atoms with E-state index in [9.17, 15) is 9.59 Å². The zero-order chi connectivity index (χ0) is 18.9. The quantitative estimate of drug-likeness (QED) is 0.656. The van der Waals surface area contributed by atoms with Crippen molar-refractivity contribution in [1.29, 1.82) is 0 Å². The molecule has 0 spiro atoms. The SMILES string of the molecule is CCCOC(=O)Nc1ccc(NCCc2ccc(C(=O)O)cc2)cc1C. The molecule has 0 saturated carbocycles. The van der Waals surface area contributed by atoms with Gasteiger partial charge in [0.2, 0.25) is 0 Å². The molecule has 1 amide bonds. The molecule has 6 heteroatoms. The fourth-order valence-electron chi connectivity index (χ4n) is 2.42. The Morgan fingerprint density at radius 1 is 1.12 bits per heavy atom. The van der Waals surface area contributed by atoms with E-state index in [1.165, 1.54) is 0 Å². The number of aromatic carboxylic acids is 1. The van der Waals surface area contributed by atoms with Gasteiger partial charge in [0.05, 0.1) is 12.2 Å². The van der Waals surface area contributed by atoms with Crippen LogP contribution in [0.4, 0.5) is 16.2 Å². The first-order valence-electron chi connectivity index (χ1n) is 8.60. The molecule has 26 heavy (non-hydrogen) atoms. The third kappa shape index (κ3) is 5.81. The van der Waals surface area contributed by atoms with Gasteiger partial charge in [0.15, 0.2) is 0 Å². The summed E-state index contributed by atoms with van der Waals surface area (Å²) >= 11 is 0. The molecule has 0 aliphatic rings. The summed E-state index contributed by atoms with van der Waals surface area (Å²) in [5.41, 5.74) is 3.97. The molecular weight excluding hydrogens is 332 g/mol. The maximum Gasteiger partial charge on any atom is 0.411 e. The number of hydrogen-bond donors (Lipinski definition) is 3. The van der Waals surface area contributed by atoms with Crippen molar-refractivity contribution in [3.8, 4) is 0 Å². The Labute approximate surface area is 153 Å². The first kappa shape index (κ1) is 19.3. The average Bonchev–Trinajstić information content (AvgIpc) is 2.62. The molecule has 2 aromatic carbocycles. The van der Waals surface area contributed by atoms with E-state index in [4.69, 9.17) is 9.84 Å². The van der Waals surface area contributed by atoms with Crippen LogP contribution >= 0.6 is 0 Å². The Hall–Kier alpha value is -3.02. The fraction of sp³-hybridized carbons (Fsp3) is 0.300. The Morgan fingerprint density at radius 2 is 1.85 bits per heavy atom. The first-order chi connectivity index (χ1) is 12.5. The van der Waals surface area contributed by atoms with Gasteiger partial charge >= 0.3 is 12.1 Å². The van der Waals surface area contributed by atoms with E-state index in [1.54, 1.807) is 12.1 Å². The van der Waals surface area contributed by atoms with E-state index in [-0.39, 0.29) is 5.56 Å². The van der Waals surface area contributed by atoms with Crippen LogP contribution in [0, 0.1) is 6.92 Å². The van der Waals surface area contributed by atoms with Gasteiger partial charge in [-0.2, -0.15) is 0 Å². The molecule has 0 heterocycles. The second kappa shape index (κ2) is 9.46. The van der Waals surface area contributed by atoms with Gasteiger partial charge in [0, 0.05) is 17.9 Å². The van der Waals surface area contributed by atoms with Crippen LogP contribution in [-0.4, -0.2) is 30.3 Å². The van der Waals surface area contributed by atoms with Crippen LogP contribution in [0.5, 0.6) is 0 Å². The molecule has 0 bridgehead atoms. The summed E-state index contributed by atoms with van der Waals surface area (Å²) in [5, 5.41) is 15.0. The van der Waals surface area contributed by atoms with Gasteiger partial charge in [-0.3, -0.25) is 5.32 Å². The number of hydrogen-bond acceptors (Lipinski definition) is 4. The van der Waals surface area contributed by atoms with E-state index >= 15 is 0 Å². The second-order valence-corrected chi connectivity index (χ2v) is 5.97. The van der Waals surface area contributed by atoms with E-state index in [2.05, 4.69) is 10.6 Å². The van der Waals surface area contributed by atoms with Crippen molar-refractivity contribution in [3.05, 3.63) is 59.2 Å². The van der Waals surface area contributed by atoms with E-state index in [1.807, 2.05) is 44.2 Å². The third-order valence-electron chi connectivity index (χ3n) is 3.84. The summed E-state index contributed by atoms with van der Waals surface area (Å²) in [4.78, 5) is 22.5. The van der Waals surface area contributed by atoms with Crippen LogP contribution in [0.2, 0.25) is 0 Å². The average molecular weight is 356 g/mol. The van der Waals surface area contributed by atoms with Crippen molar-refractivity contribution < 1.29 is 19.4 Å². The van der Waals surface area contributed by atoms with Crippen LogP contribution in [0.15, 0.2) is 42.5 Å². The second-order valence-electron chi connectivity index (χ2n) is 5.97. The van der Waals surface area contributed by atoms with Gasteiger partial charge in [0.25, 0.3) is 0 Å². The largest absolute Gasteiger partial charge is 0.478 e. The third-order valence-corrected chi connectivity index (χ3v) is 3.84. The zero-order valence-electron chi connectivity index (χ0n) is 15.0. The van der Waals surface area contributed by atoms with Crippen molar-refractivity contribution in [1.82, 2.24) is 0 Å². The number of aryl methyl sites for hydroxylation is 1. The Balaban J connectivity index is 1.85. The lowest BCUT2D eigenvalue weighted by Gasteiger charge is -2.12. The molecule has 0 aliphatic heterocycles. The Morgan fingerprint density at radius 3 is 2.46 bits per heavy atom. The number of anilines is 2. The van der Waals surface area contributed by atoms with Gasteiger partial charge in [-0.05, 0) is 61.2 Å². The Kier molecular flexibility index (Phi) is 7.02. The molecule has 0 unspecified atom stereocenters. The predicted octanol–water partition coefficient (Wildman–Crippen LogP) is 4.31. The molecule has 3 N–H and O–H groups in total. The van der Waals surface area contributed by atoms with Crippen LogP contribution in [0.1, 0.15) is 34.8 Å². The number of amides is 1. The highest BCUT2D eigenvalue weighted by molar-refractivity contribution is 5.87. The number of carbonyl (C=O) groups is 2. The van der Waals surface area contributed by atoms with Gasteiger partial charge in [0.1, 0.15) is 0 Å². The summed E-state index contributed by atoms with van der Waals surface area (Å²) in [6, 6.07) is 12.6. The minimum Gasteiger partial charge on any atom is -0.478 e. The van der Waals surface area contributed by atoms with E-state index in [0.717, 1.165) is 41.9 Å². The summed E-state index contributed by atoms with van der Waals surface area (Å²) in [7, 11) is 0. The van der Waals surface area contributed by atoms with Crippen molar-refractivity contribution in [2.24, 2.45) is 0 Å². The number of carbonyl (C=O) groups excluding carboxylic acids is 1. The molecule has 0 fully saturated rings. The van der Waals surface area contributed by atoms with Crippen LogP contribution in [-0.2, 0) is 11.2 Å². The molecule has 2 aromatic rings. The van der Waals surface area contributed by atoms with Crippen LogP contribution in [0.25, 0.3) is 0 Å². The maximum absolute atomic E-state index is 11.6. The molecule has 6 nitrogen and oxygen atoms in total. The minimum atomic E-state index is -0.919. The molecule has 0 aromatic heterocycles. The maximum atomic E-state index is 11.6. The highest BCUT2D eigenvalue weighted by Gasteiger charge is 2.06. The van der Waals surface area contributed by atoms with Crippen molar-refractivity contribution in [2.75, 3.05) is 23.8 Å². The highest BCUT2D eigenvalue weighted by Crippen LogP contribution is 2.20. The summed E-state index contributed by atoms with van der Waals surface area (Å²) < 4.78 is 5.01. The number of carboxylic acids is 1. The number of nitrogens with one attached hydrogen (secondary N) is 2. The van der Waals surface area contributed by atoms with Gasteiger partial charge < -0.3 is 15.2 Å². The predicted molar refractivity (Wildman–Crippen MR) is 102 cm³/mol. The van der Waals surface area contributed by atoms with Gasteiger partial charge in [-0.15, -0.1) is 0 Å². The standard InChI is InChI=1S/C20H24N2O4/c1-3-12-26-20(25)22-18-9-8-17(13-14(18)2)21-11-10-15-4-6-16(7-5-15)19(23)24/h4-9,13,21H,3,10-12H2,1-2H3,(H,22,25)(H,23,24). The van der Waals surface area contributed by atoms with Crippen molar-refractivity contribution in [2.45, 2.75) is 26.7 Å². The lowest BCUT2D eigenvalue weighted by Crippen LogP contribution is -2.15. The lowest BCUT2D eigenvalue weighted by molar-refractivity contribution is 0.0697. The van der Waals surface area contributed by atoms with E-state index < -0.39 is 12.1 Å². The fourth-order valence-corrected chi connectivity index (χ4v) is 2.42. The molecule has 0 saturated heterocycles. The topological polar surface area (TPSA) is 87.7 Å². The summed E-state index contributed by atoms with van der Waals surface area (Å²) in [6.07, 6.45) is 1.12. The molecule has 0 aliphatic carbocycles. The van der Waals surface area contributed by atoms with Gasteiger partial charge in [-0.25, -0.2) is 9.59 Å². The summed E-state index contributed by atoms with van der Waals surface area (Å²) in [5.74, 6) is -0.919. The Bertz CT molecular complexity index is 757. The monoisotopic (exact) mass is 356 g/mol. The molecule has 0 atom stereocenters. The minimum absolute atomic E-state index is 0.290. The molecule has 2 rings (SSSR count). The number of carboxylic acid groups (broad SMARTS) is 1. The van der Waals surface area contributed by atoms with Crippen LogP contribution < -0.4 is 10.6 Å². The molecule has 0 radical (unpaired) electrons.